The summed E-state index contributed by atoms with van der Waals surface area (Å²) >= 11 is 0. The van der Waals surface area contributed by atoms with E-state index in [9.17, 15) is 4.79 Å². The Morgan fingerprint density at radius 1 is 1.45 bits per heavy atom. The number of ether oxygens (including phenoxy) is 2. The minimum Gasteiger partial charge on any atom is -0.497 e. The Balaban J connectivity index is 1.91. The topological polar surface area (TPSA) is 38.8 Å². The largest absolute Gasteiger partial charge is 0.497 e. The summed E-state index contributed by atoms with van der Waals surface area (Å²) in [5.41, 5.74) is 2.21. The Morgan fingerprint density at radius 2 is 2.30 bits per heavy atom. The van der Waals surface area contributed by atoms with Crippen LogP contribution in [0.3, 0.4) is 0 Å². The zero-order valence-corrected chi connectivity index (χ0v) is 12.1. The highest BCUT2D eigenvalue weighted by molar-refractivity contribution is 5.98. The van der Waals surface area contributed by atoms with Crippen LogP contribution < -0.4 is 9.64 Å². The molecule has 2 atom stereocenters. The van der Waals surface area contributed by atoms with Crippen LogP contribution in [-0.4, -0.2) is 32.3 Å². The highest BCUT2D eigenvalue weighted by Gasteiger charge is 2.33. The van der Waals surface area contributed by atoms with Crippen molar-refractivity contribution < 1.29 is 14.3 Å². The maximum Gasteiger partial charge on any atom is 0.256 e. The Morgan fingerprint density at radius 3 is 3.00 bits per heavy atom. The fraction of sp³-hybridized carbons (Fsp3) is 0.562. The average Bonchev–Trinajstić information content (AvgIpc) is 2.99. The van der Waals surface area contributed by atoms with Crippen LogP contribution >= 0.6 is 0 Å². The molecule has 0 aromatic heterocycles. The normalized spacial score (nSPS) is 25.4. The van der Waals surface area contributed by atoms with Gasteiger partial charge in [-0.2, -0.15) is 0 Å². The fourth-order valence-electron chi connectivity index (χ4n) is 3.12. The second-order valence-electron chi connectivity index (χ2n) is 5.75. The summed E-state index contributed by atoms with van der Waals surface area (Å²) in [6.45, 7) is 3.66. The number of hydrogen-bond donors (Lipinski definition) is 0. The Hall–Kier alpha value is -1.55. The van der Waals surface area contributed by atoms with Crippen molar-refractivity contribution in [1.29, 1.82) is 0 Å². The Bertz CT molecular complexity index is 508. The maximum atomic E-state index is 12.6. The van der Waals surface area contributed by atoms with Crippen molar-refractivity contribution in [2.75, 3.05) is 25.2 Å². The van der Waals surface area contributed by atoms with Gasteiger partial charge in [0, 0.05) is 18.8 Å². The van der Waals surface area contributed by atoms with Crippen LogP contribution in [0.5, 0.6) is 5.75 Å². The van der Waals surface area contributed by atoms with Crippen molar-refractivity contribution in [3.63, 3.8) is 0 Å². The van der Waals surface area contributed by atoms with Crippen molar-refractivity contribution in [3.05, 3.63) is 23.8 Å². The van der Waals surface area contributed by atoms with Gasteiger partial charge in [0.1, 0.15) is 11.9 Å². The van der Waals surface area contributed by atoms with E-state index in [1.54, 1.807) is 7.11 Å². The molecule has 1 aromatic rings. The lowest BCUT2D eigenvalue weighted by atomic mass is 9.93. The van der Waals surface area contributed by atoms with Gasteiger partial charge in [0.2, 0.25) is 0 Å². The number of carbonyl (C=O) groups excluding carboxylic acids is 1. The van der Waals surface area contributed by atoms with Gasteiger partial charge in [-0.25, -0.2) is 0 Å². The highest BCUT2D eigenvalue weighted by Crippen LogP contribution is 2.33. The van der Waals surface area contributed by atoms with E-state index < -0.39 is 0 Å². The summed E-state index contributed by atoms with van der Waals surface area (Å²) in [6.07, 6.45) is 2.56. The third kappa shape index (κ3) is 2.40. The minimum atomic E-state index is -0.254. The molecule has 1 saturated heterocycles. The zero-order chi connectivity index (χ0) is 14.1. The molecule has 1 aromatic carbocycles. The summed E-state index contributed by atoms with van der Waals surface area (Å²) in [7, 11) is 1.67. The monoisotopic (exact) mass is 275 g/mol. The third-order valence-corrected chi connectivity index (χ3v) is 4.11. The fourth-order valence-corrected chi connectivity index (χ4v) is 3.12. The number of amides is 1. The molecule has 2 heterocycles. The lowest BCUT2D eigenvalue weighted by molar-refractivity contribution is -0.127. The molecule has 2 unspecified atom stereocenters. The van der Waals surface area contributed by atoms with Gasteiger partial charge in [-0.3, -0.25) is 4.79 Å². The quantitative estimate of drug-likeness (QED) is 0.832. The zero-order valence-electron chi connectivity index (χ0n) is 12.1. The van der Waals surface area contributed by atoms with Gasteiger partial charge in [0.15, 0.2) is 0 Å². The van der Waals surface area contributed by atoms with Gasteiger partial charge in [-0.15, -0.1) is 0 Å². The molecule has 2 aliphatic heterocycles. The van der Waals surface area contributed by atoms with Crippen LogP contribution in [-0.2, 0) is 16.0 Å². The first-order chi connectivity index (χ1) is 9.69. The van der Waals surface area contributed by atoms with Crippen LogP contribution in [0.2, 0.25) is 0 Å². The average molecular weight is 275 g/mol. The van der Waals surface area contributed by atoms with Crippen molar-refractivity contribution in [1.82, 2.24) is 0 Å². The summed E-state index contributed by atoms with van der Waals surface area (Å²) in [6, 6.07) is 5.96. The molecular weight excluding hydrogens is 254 g/mol. The Kier molecular flexibility index (Phi) is 3.66. The van der Waals surface area contributed by atoms with Gasteiger partial charge in [0.25, 0.3) is 5.91 Å². The number of nitrogens with zero attached hydrogens (tertiary/aromatic N) is 1. The second kappa shape index (κ2) is 5.44. The maximum absolute atomic E-state index is 12.6. The van der Waals surface area contributed by atoms with Crippen molar-refractivity contribution in [2.45, 2.75) is 32.3 Å². The highest BCUT2D eigenvalue weighted by atomic mass is 16.5. The molecule has 1 fully saturated rings. The van der Waals surface area contributed by atoms with Gasteiger partial charge in [-0.1, -0.05) is 6.92 Å². The predicted molar refractivity (Wildman–Crippen MR) is 77.2 cm³/mol. The third-order valence-electron chi connectivity index (χ3n) is 4.11. The van der Waals surface area contributed by atoms with Crippen LogP contribution in [0.15, 0.2) is 18.2 Å². The molecule has 0 saturated carbocycles. The summed E-state index contributed by atoms with van der Waals surface area (Å²) in [4.78, 5) is 14.5. The van der Waals surface area contributed by atoms with Crippen molar-refractivity contribution in [3.8, 4) is 5.75 Å². The molecule has 20 heavy (non-hydrogen) atoms. The van der Waals surface area contributed by atoms with E-state index in [0.717, 1.165) is 37.2 Å². The van der Waals surface area contributed by atoms with E-state index >= 15 is 0 Å². The molecule has 0 aliphatic carbocycles. The van der Waals surface area contributed by atoms with E-state index in [0.29, 0.717) is 12.5 Å². The van der Waals surface area contributed by atoms with E-state index in [2.05, 4.69) is 6.92 Å². The van der Waals surface area contributed by atoms with Gasteiger partial charge in [0.05, 0.1) is 7.11 Å². The van der Waals surface area contributed by atoms with Crippen LogP contribution in [0.25, 0.3) is 0 Å². The van der Waals surface area contributed by atoms with Crippen molar-refractivity contribution >= 4 is 11.6 Å². The molecule has 0 N–H and O–H groups in total. The first kappa shape index (κ1) is 13.4. The molecular formula is C16H21NO3. The van der Waals surface area contributed by atoms with Gasteiger partial charge in [-0.05, 0) is 48.9 Å². The van der Waals surface area contributed by atoms with Gasteiger partial charge < -0.3 is 14.4 Å². The minimum absolute atomic E-state index is 0.112. The van der Waals surface area contributed by atoms with Gasteiger partial charge >= 0.3 is 0 Å². The smallest absolute Gasteiger partial charge is 0.256 e. The van der Waals surface area contributed by atoms with Crippen LogP contribution in [0.4, 0.5) is 5.69 Å². The molecule has 0 bridgehead atoms. The van der Waals surface area contributed by atoms with Crippen molar-refractivity contribution in [2.24, 2.45) is 5.92 Å². The molecule has 4 heteroatoms. The molecule has 108 valence electrons. The van der Waals surface area contributed by atoms with E-state index in [1.165, 1.54) is 5.56 Å². The summed E-state index contributed by atoms with van der Waals surface area (Å²) < 4.78 is 10.8. The van der Waals surface area contributed by atoms with E-state index in [-0.39, 0.29) is 12.0 Å². The Labute approximate surface area is 119 Å². The molecule has 0 radical (unpaired) electrons. The first-order valence-corrected chi connectivity index (χ1v) is 7.29. The number of rotatable bonds is 2. The number of methoxy groups -OCH3 is 1. The van der Waals surface area contributed by atoms with Crippen LogP contribution in [0.1, 0.15) is 25.3 Å². The molecule has 3 rings (SSSR count). The summed E-state index contributed by atoms with van der Waals surface area (Å²) in [5, 5.41) is 0. The number of fused-ring (bicyclic) bond motifs is 1. The lowest BCUT2D eigenvalue weighted by Gasteiger charge is -2.34. The standard InChI is InChI=1S/C16H21NO3/c1-11-8-12-9-13(19-2)5-6-14(12)17(10-11)16(18)15-4-3-7-20-15/h5-6,9,11,15H,3-4,7-8,10H2,1-2H3. The van der Waals surface area contributed by atoms with Crippen LogP contribution in [0, 0.1) is 5.92 Å². The summed E-state index contributed by atoms with van der Waals surface area (Å²) in [5.74, 6) is 1.42. The lowest BCUT2D eigenvalue weighted by Crippen LogP contribution is -2.44. The van der Waals surface area contributed by atoms with E-state index in [4.69, 9.17) is 9.47 Å². The predicted octanol–water partition coefficient (Wildman–Crippen LogP) is 2.40. The number of anilines is 1. The number of benzene rings is 1. The second-order valence-corrected chi connectivity index (χ2v) is 5.75. The molecule has 4 nitrogen and oxygen atoms in total. The molecule has 2 aliphatic rings. The van der Waals surface area contributed by atoms with E-state index in [1.807, 2.05) is 23.1 Å². The SMILES string of the molecule is COc1ccc2c(c1)CC(C)CN2C(=O)C1CCCO1. The molecule has 0 spiro atoms. The number of hydrogen-bond acceptors (Lipinski definition) is 3. The number of carbonyl (C=O) groups is 1. The first-order valence-electron chi connectivity index (χ1n) is 7.29. The molecule has 1 amide bonds.